The molecule has 0 aliphatic carbocycles. The van der Waals surface area contributed by atoms with Crippen molar-refractivity contribution in [3.05, 3.63) is 78.1 Å². The fourth-order valence-electron chi connectivity index (χ4n) is 2.57. The molecule has 1 N–H and O–H groups in total. The van der Waals surface area contributed by atoms with Crippen LogP contribution in [0.5, 0.6) is 0 Å². The number of nitrogens with zero attached hydrogens (tertiary/aromatic N) is 1. The molecule has 110 valence electrons. The van der Waals surface area contributed by atoms with Gasteiger partial charge in [0, 0.05) is 18.9 Å². The molecule has 0 saturated heterocycles. The van der Waals surface area contributed by atoms with Crippen LogP contribution in [0.25, 0.3) is 10.8 Å². The summed E-state index contributed by atoms with van der Waals surface area (Å²) in [5.74, 6) is 0.0558. The van der Waals surface area contributed by atoms with Crippen LogP contribution in [0.2, 0.25) is 0 Å². The van der Waals surface area contributed by atoms with E-state index < -0.39 is 0 Å². The van der Waals surface area contributed by atoms with Crippen LogP contribution in [0, 0.1) is 0 Å². The Morgan fingerprint density at radius 1 is 1.00 bits per heavy atom. The van der Waals surface area contributed by atoms with Gasteiger partial charge in [0.25, 0.3) is 0 Å². The molecule has 0 aliphatic heterocycles. The molecule has 0 atom stereocenters. The number of hydrogen-bond acceptors (Lipinski definition) is 2. The first-order valence-electron chi connectivity index (χ1n) is 7.45. The lowest BCUT2D eigenvalue weighted by Gasteiger charge is -2.08. The molecule has 3 rings (SSSR count). The molecule has 22 heavy (non-hydrogen) atoms. The Kier molecular flexibility index (Phi) is 4.44. The summed E-state index contributed by atoms with van der Waals surface area (Å²) in [5, 5.41) is 5.29. The van der Waals surface area contributed by atoms with E-state index in [0.717, 1.165) is 22.9 Å². The summed E-state index contributed by atoms with van der Waals surface area (Å²) in [6.07, 6.45) is 4.79. The van der Waals surface area contributed by atoms with Crippen molar-refractivity contribution in [2.24, 2.45) is 0 Å². The van der Waals surface area contributed by atoms with Crippen LogP contribution >= 0.6 is 0 Å². The van der Waals surface area contributed by atoms with E-state index in [0.29, 0.717) is 13.0 Å². The third-order valence-electron chi connectivity index (χ3n) is 3.69. The molecule has 3 aromatic rings. The zero-order valence-electron chi connectivity index (χ0n) is 12.3. The largest absolute Gasteiger partial charge is 0.355 e. The maximum Gasteiger partial charge on any atom is 0.224 e. The summed E-state index contributed by atoms with van der Waals surface area (Å²) in [6.45, 7) is 0.634. The van der Waals surface area contributed by atoms with Crippen molar-refractivity contribution >= 4 is 16.7 Å². The highest BCUT2D eigenvalue weighted by atomic mass is 16.1. The molecular weight excluding hydrogens is 272 g/mol. The standard InChI is InChI=1S/C19H18N2O/c22-19(21-12-10-15-5-4-11-20-14-15)13-17-8-3-7-16-6-1-2-9-18(16)17/h1-9,11,14H,10,12-13H2,(H,21,22). The predicted octanol–water partition coefficient (Wildman–Crippen LogP) is 3.14. The predicted molar refractivity (Wildman–Crippen MR) is 88.6 cm³/mol. The fraction of sp³-hybridized carbons (Fsp3) is 0.158. The van der Waals surface area contributed by atoms with Gasteiger partial charge in [0.15, 0.2) is 0 Å². The summed E-state index contributed by atoms with van der Waals surface area (Å²) in [5.41, 5.74) is 2.20. The highest BCUT2D eigenvalue weighted by Crippen LogP contribution is 2.18. The summed E-state index contributed by atoms with van der Waals surface area (Å²) in [6, 6.07) is 18.2. The fourth-order valence-corrected chi connectivity index (χ4v) is 2.57. The van der Waals surface area contributed by atoms with Crippen LogP contribution in [-0.2, 0) is 17.6 Å². The SMILES string of the molecule is O=C(Cc1cccc2ccccc12)NCCc1cccnc1. The first kappa shape index (κ1) is 14.3. The Morgan fingerprint density at radius 2 is 1.86 bits per heavy atom. The van der Waals surface area contributed by atoms with Gasteiger partial charge in [-0.3, -0.25) is 9.78 Å². The molecule has 3 heteroatoms. The number of nitrogens with one attached hydrogen (secondary N) is 1. The normalized spacial score (nSPS) is 10.5. The smallest absolute Gasteiger partial charge is 0.224 e. The van der Waals surface area contributed by atoms with Gasteiger partial charge in [0.05, 0.1) is 6.42 Å². The van der Waals surface area contributed by atoms with E-state index in [4.69, 9.17) is 0 Å². The minimum atomic E-state index is 0.0558. The van der Waals surface area contributed by atoms with E-state index in [1.807, 2.05) is 42.6 Å². The molecule has 0 fully saturated rings. The molecule has 0 aliphatic rings. The van der Waals surface area contributed by atoms with Crippen LogP contribution in [-0.4, -0.2) is 17.4 Å². The first-order chi connectivity index (χ1) is 10.8. The highest BCUT2D eigenvalue weighted by Gasteiger charge is 2.06. The van der Waals surface area contributed by atoms with Gasteiger partial charge in [0.1, 0.15) is 0 Å². The first-order valence-corrected chi connectivity index (χ1v) is 7.45. The van der Waals surface area contributed by atoms with Crippen LogP contribution in [0.1, 0.15) is 11.1 Å². The molecule has 0 saturated carbocycles. The van der Waals surface area contributed by atoms with Gasteiger partial charge >= 0.3 is 0 Å². The van der Waals surface area contributed by atoms with Crippen molar-refractivity contribution in [1.82, 2.24) is 10.3 Å². The van der Waals surface area contributed by atoms with Crippen LogP contribution in [0.15, 0.2) is 67.0 Å². The monoisotopic (exact) mass is 290 g/mol. The van der Waals surface area contributed by atoms with Crippen molar-refractivity contribution in [2.75, 3.05) is 6.54 Å². The van der Waals surface area contributed by atoms with E-state index in [-0.39, 0.29) is 5.91 Å². The summed E-state index contributed by atoms with van der Waals surface area (Å²) in [4.78, 5) is 16.2. The number of carbonyl (C=O) groups excluding carboxylic acids is 1. The number of rotatable bonds is 5. The maximum atomic E-state index is 12.1. The molecule has 0 radical (unpaired) electrons. The summed E-state index contributed by atoms with van der Waals surface area (Å²) >= 11 is 0. The van der Waals surface area contributed by atoms with E-state index in [2.05, 4.69) is 28.5 Å². The van der Waals surface area contributed by atoms with Crippen molar-refractivity contribution in [3.63, 3.8) is 0 Å². The van der Waals surface area contributed by atoms with Crippen molar-refractivity contribution < 1.29 is 4.79 Å². The molecule has 1 amide bonds. The summed E-state index contributed by atoms with van der Waals surface area (Å²) < 4.78 is 0. The third kappa shape index (κ3) is 3.50. The third-order valence-corrected chi connectivity index (χ3v) is 3.69. The number of amides is 1. The Bertz CT molecular complexity index is 763. The second-order valence-electron chi connectivity index (χ2n) is 5.28. The van der Waals surface area contributed by atoms with Crippen LogP contribution in [0.4, 0.5) is 0 Å². The van der Waals surface area contributed by atoms with Crippen molar-refractivity contribution in [1.29, 1.82) is 0 Å². The Labute approximate surface area is 130 Å². The topological polar surface area (TPSA) is 42.0 Å². The van der Waals surface area contributed by atoms with E-state index in [1.165, 1.54) is 5.39 Å². The minimum absolute atomic E-state index is 0.0558. The molecule has 0 unspecified atom stereocenters. The average molecular weight is 290 g/mol. The van der Waals surface area contributed by atoms with Gasteiger partial charge in [-0.25, -0.2) is 0 Å². The van der Waals surface area contributed by atoms with Crippen LogP contribution in [0.3, 0.4) is 0 Å². The number of fused-ring (bicyclic) bond motifs is 1. The number of aromatic nitrogens is 1. The maximum absolute atomic E-state index is 12.1. The molecular formula is C19H18N2O. The van der Waals surface area contributed by atoms with Crippen molar-refractivity contribution in [3.8, 4) is 0 Å². The van der Waals surface area contributed by atoms with E-state index in [1.54, 1.807) is 6.20 Å². The Morgan fingerprint density at radius 3 is 2.73 bits per heavy atom. The van der Waals surface area contributed by atoms with E-state index in [9.17, 15) is 4.79 Å². The number of pyridine rings is 1. The summed E-state index contributed by atoms with van der Waals surface area (Å²) in [7, 11) is 0. The molecule has 3 nitrogen and oxygen atoms in total. The Hall–Kier alpha value is -2.68. The zero-order chi connectivity index (χ0) is 15.2. The van der Waals surface area contributed by atoms with Gasteiger partial charge < -0.3 is 5.32 Å². The zero-order valence-corrected chi connectivity index (χ0v) is 12.3. The quantitative estimate of drug-likeness (QED) is 0.784. The average Bonchev–Trinajstić information content (AvgIpc) is 2.56. The number of hydrogen-bond donors (Lipinski definition) is 1. The van der Waals surface area contributed by atoms with Gasteiger partial charge in [-0.05, 0) is 34.4 Å². The van der Waals surface area contributed by atoms with E-state index >= 15 is 0 Å². The molecule has 0 bridgehead atoms. The number of carbonyl (C=O) groups is 1. The second kappa shape index (κ2) is 6.85. The van der Waals surface area contributed by atoms with Crippen LogP contribution < -0.4 is 5.32 Å². The minimum Gasteiger partial charge on any atom is -0.355 e. The lowest BCUT2D eigenvalue weighted by molar-refractivity contribution is -0.120. The van der Waals surface area contributed by atoms with Gasteiger partial charge in [-0.2, -0.15) is 0 Å². The number of benzene rings is 2. The van der Waals surface area contributed by atoms with Crippen molar-refractivity contribution in [2.45, 2.75) is 12.8 Å². The molecule has 1 heterocycles. The van der Waals surface area contributed by atoms with Gasteiger partial charge in [0.2, 0.25) is 5.91 Å². The highest BCUT2D eigenvalue weighted by molar-refractivity contribution is 5.90. The molecule has 0 spiro atoms. The Balaban J connectivity index is 1.59. The molecule has 2 aromatic carbocycles. The molecule has 1 aromatic heterocycles. The second-order valence-corrected chi connectivity index (χ2v) is 5.28. The lowest BCUT2D eigenvalue weighted by Crippen LogP contribution is -2.27. The van der Waals surface area contributed by atoms with Gasteiger partial charge in [-0.15, -0.1) is 0 Å². The van der Waals surface area contributed by atoms with Gasteiger partial charge in [-0.1, -0.05) is 48.5 Å². The lowest BCUT2D eigenvalue weighted by atomic mass is 10.0.